The number of carbonyl (C=O) groups excluding carboxylic acids is 2. The van der Waals surface area contributed by atoms with Gasteiger partial charge in [-0.25, -0.2) is 0 Å². The first-order valence-corrected chi connectivity index (χ1v) is 10.6. The highest BCUT2D eigenvalue weighted by molar-refractivity contribution is 6.00. The highest BCUT2D eigenvalue weighted by Crippen LogP contribution is 2.25. The summed E-state index contributed by atoms with van der Waals surface area (Å²) in [6, 6.07) is 15.2. The first-order valence-electron chi connectivity index (χ1n) is 10.6. The van der Waals surface area contributed by atoms with Crippen molar-refractivity contribution in [1.29, 1.82) is 0 Å². The van der Waals surface area contributed by atoms with E-state index < -0.39 is 0 Å². The molecule has 0 aliphatic carbocycles. The van der Waals surface area contributed by atoms with Crippen LogP contribution in [-0.2, 0) is 0 Å². The van der Waals surface area contributed by atoms with E-state index >= 15 is 0 Å². The van der Waals surface area contributed by atoms with Crippen LogP contribution >= 0.6 is 0 Å². The first kappa shape index (κ1) is 21.7. The SMILES string of the molecule is CCC(C)NC(=O)c1ccccc1N1CCC(NC(=O)c2cccc(OC)c2)CC1. The number of rotatable bonds is 7. The number of nitrogens with one attached hydrogen (secondary N) is 2. The monoisotopic (exact) mass is 409 g/mol. The second-order valence-corrected chi connectivity index (χ2v) is 7.77. The number of hydrogen-bond donors (Lipinski definition) is 2. The minimum atomic E-state index is -0.0827. The number of piperidine rings is 1. The molecule has 3 rings (SSSR count). The van der Waals surface area contributed by atoms with Gasteiger partial charge < -0.3 is 20.3 Å². The molecule has 0 spiro atoms. The van der Waals surface area contributed by atoms with E-state index in [2.05, 4.69) is 22.5 Å². The molecule has 2 N–H and O–H groups in total. The molecule has 0 bridgehead atoms. The van der Waals surface area contributed by atoms with Crippen molar-refractivity contribution in [2.45, 2.75) is 45.2 Å². The van der Waals surface area contributed by atoms with Gasteiger partial charge in [0.1, 0.15) is 5.75 Å². The van der Waals surface area contributed by atoms with Crippen molar-refractivity contribution in [2.24, 2.45) is 0 Å². The van der Waals surface area contributed by atoms with Gasteiger partial charge in [0.15, 0.2) is 0 Å². The first-order chi connectivity index (χ1) is 14.5. The summed E-state index contributed by atoms with van der Waals surface area (Å²) in [5.74, 6) is 0.554. The van der Waals surface area contributed by atoms with Gasteiger partial charge in [0.2, 0.25) is 0 Å². The van der Waals surface area contributed by atoms with Crippen LogP contribution in [0.5, 0.6) is 5.75 Å². The second-order valence-electron chi connectivity index (χ2n) is 7.77. The third kappa shape index (κ3) is 5.32. The van der Waals surface area contributed by atoms with Gasteiger partial charge in [-0.3, -0.25) is 9.59 Å². The predicted octanol–water partition coefficient (Wildman–Crippen LogP) is 3.62. The number of ether oxygens (including phenoxy) is 1. The predicted molar refractivity (Wildman–Crippen MR) is 119 cm³/mol. The maximum Gasteiger partial charge on any atom is 0.253 e. The molecule has 0 saturated carbocycles. The average Bonchev–Trinajstić information content (AvgIpc) is 2.79. The lowest BCUT2D eigenvalue weighted by Crippen LogP contribution is -2.45. The molecule has 0 aromatic heterocycles. The number of benzene rings is 2. The van der Waals surface area contributed by atoms with Crippen molar-refractivity contribution in [1.82, 2.24) is 10.6 Å². The number of anilines is 1. The van der Waals surface area contributed by atoms with E-state index in [0.29, 0.717) is 16.9 Å². The van der Waals surface area contributed by atoms with Gasteiger partial charge in [0.25, 0.3) is 11.8 Å². The van der Waals surface area contributed by atoms with Gasteiger partial charge in [-0.15, -0.1) is 0 Å². The second kappa shape index (κ2) is 10.1. The summed E-state index contributed by atoms with van der Waals surface area (Å²) in [6.07, 6.45) is 2.56. The molecule has 0 radical (unpaired) electrons. The van der Waals surface area contributed by atoms with Crippen LogP contribution in [0.1, 0.15) is 53.8 Å². The number of carbonyl (C=O) groups is 2. The standard InChI is InChI=1S/C24H31N3O3/c1-4-17(2)25-24(29)21-10-5-6-11-22(21)27-14-12-19(13-15-27)26-23(28)18-8-7-9-20(16-18)30-3/h5-11,16-17,19H,4,12-15H2,1-3H3,(H,25,29)(H,26,28). The molecule has 6 nitrogen and oxygen atoms in total. The van der Waals surface area contributed by atoms with Crippen molar-refractivity contribution in [2.75, 3.05) is 25.1 Å². The maximum absolute atomic E-state index is 12.7. The normalized spacial score (nSPS) is 15.4. The van der Waals surface area contributed by atoms with Gasteiger partial charge >= 0.3 is 0 Å². The van der Waals surface area contributed by atoms with Gasteiger partial charge in [-0.05, 0) is 56.5 Å². The van der Waals surface area contributed by atoms with E-state index in [1.165, 1.54) is 0 Å². The Hall–Kier alpha value is -3.02. The van der Waals surface area contributed by atoms with Crippen LogP contribution in [0.15, 0.2) is 48.5 Å². The van der Waals surface area contributed by atoms with Crippen molar-refractivity contribution in [3.05, 3.63) is 59.7 Å². The molecule has 1 aliphatic heterocycles. The van der Waals surface area contributed by atoms with Gasteiger partial charge in [0, 0.05) is 36.4 Å². The van der Waals surface area contributed by atoms with Crippen LogP contribution < -0.4 is 20.3 Å². The molecule has 1 saturated heterocycles. The molecule has 1 atom stereocenters. The zero-order valence-corrected chi connectivity index (χ0v) is 18.0. The van der Waals surface area contributed by atoms with Crippen LogP contribution in [0.3, 0.4) is 0 Å². The lowest BCUT2D eigenvalue weighted by molar-refractivity contribution is 0.0927. The van der Waals surface area contributed by atoms with Gasteiger partial charge in [-0.2, -0.15) is 0 Å². The third-order valence-electron chi connectivity index (χ3n) is 5.64. The number of nitrogens with zero attached hydrogens (tertiary/aromatic N) is 1. The summed E-state index contributed by atoms with van der Waals surface area (Å²) in [5.41, 5.74) is 2.26. The molecule has 1 heterocycles. The number of para-hydroxylation sites is 1. The molecule has 2 aromatic carbocycles. The van der Waals surface area contributed by atoms with Crippen molar-refractivity contribution >= 4 is 17.5 Å². The Kier molecular flexibility index (Phi) is 7.33. The fourth-order valence-corrected chi connectivity index (χ4v) is 3.64. The van der Waals surface area contributed by atoms with Gasteiger partial charge in [-0.1, -0.05) is 25.1 Å². The highest BCUT2D eigenvalue weighted by atomic mass is 16.5. The van der Waals surface area contributed by atoms with Crippen LogP contribution in [-0.4, -0.2) is 44.1 Å². The topological polar surface area (TPSA) is 70.7 Å². The van der Waals surface area contributed by atoms with Crippen molar-refractivity contribution < 1.29 is 14.3 Å². The molecule has 1 unspecified atom stereocenters. The Morgan fingerprint density at radius 2 is 1.83 bits per heavy atom. The van der Waals surface area contributed by atoms with Crippen LogP contribution in [0, 0.1) is 0 Å². The summed E-state index contributed by atoms with van der Waals surface area (Å²) in [4.78, 5) is 27.5. The van der Waals surface area contributed by atoms with Crippen LogP contribution in [0.25, 0.3) is 0 Å². The fourth-order valence-electron chi connectivity index (χ4n) is 3.64. The molecule has 6 heteroatoms. The lowest BCUT2D eigenvalue weighted by atomic mass is 10.0. The lowest BCUT2D eigenvalue weighted by Gasteiger charge is -2.35. The number of hydrogen-bond acceptors (Lipinski definition) is 4. The largest absolute Gasteiger partial charge is 0.497 e. The molecular weight excluding hydrogens is 378 g/mol. The zero-order valence-electron chi connectivity index (χ0n) is 18.0. The van der Waals surface area contributed by atoms with E-state index in [9.17, 15) is 9.59 Å². The minimum Gasteiger partial charge on any atom is -0.497 e. The Balaban J connectivity index is 1.60. The Labute approximate surface area is 178 Å². The molecular formula is C24H31N3O3. The average molecular weight is 410 g/mol. The Bertz CT molecular complexity index is 876. The quantitative estimate of drug-likeness (QED) is 0.733. The van der Waals surface area contributed by atoms with E-state index in [-0.39, 0.29) is 23.9 Å². The zero-order chi connectivity index (χ0) is 21.5. The minimum absolute atomic E-state index is 0.0339. The van der Waals surface area contributed by atoms with Gasteiger partial charge in [0.05, 0.1) is 12.7 Å². The van der Waals surface area contributed by atoms with Crippen LogP contribution in [0.2, 0.25) is 0 Å². The summed E-state index contributed by atoms with van der Waals surface area (Å²) in [7, 11) is 1.59. The van der Waals surface area contributed by atoms with Crippen LogP contribution in [0.4, 0.5) is 5.69 Å². The summed E-state index contributed by atoms with van der Waals surface area (Å²) in [5, 5.41) is 6.18. The molecule has 160 valence electrons. The number of amides is 2. The number of methoxy groups -OCH3 is 1. The molecule has 1 aliphatic rings. The molecule has 2 aromatic rings. The highest BCUT2D eigenvalue weighted by Gasteiger charge is 2.24. The van der Waals surface area contributed by atoms with E-state index in [4.69, 9.17) is 4.74 Å². The smallest absolute Gasteiger partial charge is 0.253 e. The van der Waals surface area contributed by atoms with E-state index in [0.717, 1.165) is 38.0 Å². The van der Waals surface area contributed by atoms with Crippen molar-refractivity contribution in [3.8, 4) is 5.75 Å². The summed E-state index contributed by atoms with van der Waals surface area (Å²) in [6.45, 7) is 5.64. The molecule has 30 heavy (non-hydrogen) atoms. The summed E-state index contributed by atoms with van der Waals surface area (Å²) >= 11 is 0. The third-order valence-corrected chi connectivity index (χ3v) is 5.64. The Morgan fingerprint density at radius 3 is 2.53 bits per heavy atom. The van der Waals surface area contributed by atoms with E-state index in [1.807, 2.05) is 43.3 Å². The summed E-state index contributed by atoms with van der Waals surface area (Å²) < 4.78 is 5.20. The van der Waals surface area contributed by atoms with E-state index in [1.54, 1.807) is 19.2 Å². The maximum atomic E-state index is 12.7. The van der Waals surface area contributed by atoms with Crippen molar-refractivity contribution in [3.63, 3.8) is 0 Å². The fraction of sp³-hybridized carbons (Fsp3) is 0.417. The Morgan fingerprint density at radius 1 is 1.10 bits per heavy atom. The molecule has 1 fully saturated rings. The molecule has 2 amide bonds.